The first-order valence-electron chi connectivity index (χ1n) is 5.71. The van der Waals surface area contributed by atoms with Crippen molar-refractivity contribution in [1.29, 1.82) is 0 Å². The maximum atomic E-state index is 11.7. The van der Waals surface area contributed by atoms with Crippen molar-refractivity contribution in [3.8, 4) is 5.69 Å². The van der Waals surface area contributed by atoms with Crippen LogP contribution < -0.4 is 0 Å². The second kappa shape index (κ2) is 5.67. The van der Waals surface area contributed by atoms with Crippen molar-refractivity contribution in [3.05, 3.63) is 39.6 Å². The fraction of sp³-hybridized carbons (Fsp3) is 0.250. The standard InChI is InChI=1S/C12H11BrCl2N2O2S/c1-7(2)10-11(20(15,18)19)12(14)17(16-10)9-5-3-4-8(13)6-9/h3-7H,1-2H3. The van der Waals surface area contributed by atoms with Gasteiger partial charge >= 0.3 is 0 Å². The van der Waals surface area contributed by atoms with Crippen LogP contribution in [0.15, 0.2) is 33.6 Å². The zero-order chi connectivity index (χ0) is 15.1. The number of aromatic nitrogens is 2. The highest BCUT2D eigenvalue weighted by Gasteiger charge is 2.28. The average Bonchev–Trinajstić information content (AvgIpc) is 2.66. The molecule has 0 bridgehead atoms. The molecular formula is C12H11BrCl2N2O2S. The van der Waals surface area contributed by atoms with E-state index in [-0.39, 0.29) is 16.0 Å². The molecule has 0 aliphatic carbocycles. The summed E-state index contributed by atoms with van der Waals surface area (Å²) in [5, 5.41) is 4.28. The van der Waals surface area contributed by atoms with Gasteiger partial charge in [0.05, 0.1) is 11.4 Å². The van der Waals surface area contributed by atoms with Crippen LogP contribution in [0.4, 0.5) is 0 Å². The van der Waals surface area contributed by atoms with E-state index < -0.39 is 9.05 Å². The Morgan fingerprint density at radius 1 is 1.35 bits per heavy atom. The summed E-state index contributed by atoms with van der Waals surface area (Å²) in [6.07, 6.45) is 0. The fourth-order valence-electron chi connectivity index (χ4n) is 1.78. The minimum atomic E-state index is -3.96. The summed E-state index contributed by atoms with van der Waals surface area (Å²) in [4.78, 5) is -0.129. The molecule has 2 aromatic rings. The lowest BCUT2D eigenvalue weighted by atomic mass is 10.1. The van der Waals surface area contributed by atoms with Gasteiger partial charge < -0.3 is 0 Å². The van der Waals surface area contributed by atoms with Crippen LogP contribution in [0.5, 0.6) is 0 Å². The maximum absolute atomic E-state index is 11.7. The first kappa shape index (κ1) is 15.8. The zero-order valence-corrected chi connectivity index (χ0v) is 14.6. The summed E-state index contributed by atoms with van der Waals surface area (Å²) in [6, 6.07) is 7.22. The van der Waals surface area contributed by atoms with Gasteiger partial charge in [-0.05, 0) is 24.1 Å². The monoisotopic (exact) mass is 396 g/mol. The number of rotatable bonds is 3. The van der Waals surface area contributed by atoms with E-state index in [1.165, 1.54) is 4.68 Å². The van der Waals surface area contributed by atoms with Gasteiger partial charge in [0, 0.05) is 15.2 Å². The first-order valence-corrected chi connectivity index (χ1v) is 9.19. The fourth-order valence-corrected chi connectivity index (χ4v) is 4.09. The Labute approximate surface area is 135 Å². The second-order valence-electron chi connectivity index (χ2n) is 4.49. The van der Waals surface area contributed by atoms with Crippen LogP contribution in [0.1, 0.15) is 25.5 Å². The number of nitrogens with zero attached hydrogens (tertiary/aromatic N) is 2. The molecule has 0 aliphatic heterocycles. The van der Waals surface area contributed by atoms with Gasteiger partial charge in [0.2, 0.25) is 0 Å². The van der Waals surface area contributed by atoms with E-state index >= 15 is 0 Å². The first-order chi connectivity index (χ1) is 9.21. The van der Waals surface area contributed by atoms with Crippen molar-refractivity contribution in [1.82, 2.24) is 9.78 Å². The van der Waals surface area contributed by atoms with E-state index in [0.29, 0.717) is 11.4 Å². The summed E-state index contributed by atoms with van der Waals surface area (Å²) < 4.78 is 25.6. The lowest BCUT2D eigenvalue weighted by Gasteiger charge is -2.03. The third-order valence-corrected chi connectivity index (χ3v) is 4.96. The Hall–Kier alpha value is -0.560. The minimum Gasteiger partial charge on any atom is -0.220 e. The van der Waals surface area contributed by atoms with Crippen LogP contribution in [-0.4, -0.2) is 18.2 Å². The molecule has 2 rings (SSSR count). The SMILES string of the molecule is CC(C)c1nn(-c2cccc(Br)c2)c(Cl)c1S(=O)(=O)Cl. The molecule has 108 valence electrons. The van der Waals surface area contributed by atoms with Crippen LogP contribution in [0, 0.1) is 0 Å². The lowest BCUT2D eigenvalue weighted by molar-refractivity contribution is 0.607. The summed E-state index contributed by atoms with van der Waals surface area (Å²) in [6.45, 7) is 3.66. The van der Waals surface area contributed by atoms with Crippen molar-refractivity contribution in [2.75, 3.05) is 0 Å². The molecule has 0 spiro atoms. The van der Waals surface area contributed by atoms with Crippen molar-refractivity contribution in [2.24, 2.45) is 0 Å². The van der Waals surface area contributed by atoms with Gasteiger partial charge in [0.15, 0.2) is 5.15 Å². The van der Waals surface area contributed by atoms with Crippen LogP contribution in [0.3, 0.4) is 0 Å². The molecular weight excluding hydrogens is 387 g/mol. The third kappa shape index (κ3) is 3.03. The largest absolute Gasteiger partial charge is 0.266 e. The summed E-state index contributed by atoms with van der Waals surface area (Å²) in [7, 11) is 1.51. The Bertz CT molecular complexity index is 757. The van der Waals surface area contributed by atoms with E-state index in [1.807, 2.05) is 19.9 Å². The molecule has 1 aromatic carbocycles. The third-order valence-electron chi connectivity index (χ3n) is 2.66. The Kier molecular flexibility index (Phi) is 4.49. The lowest BCUT2D eigenvalue weighted by Crippen LogP contribution is -1.98. The average molecular weight is 398 g/mol. The molecule has 20 heavy (non-hydrogen) atoms. The molecule has 8 heteroatoms. The normalized spacial score (nSPS) is 12.1. The number of benzene rings is 1. The summed E-state index contributed by atoms with van der Waals surface area (Å²) in [5.41, 5.74) is 1.00. The van der Waals surface area contributed by atoms with Gasteiger partial charge in [-0.25, -0.2) is 13.1 Å². The van der Waals surface area contributed by atoms with Gasteiger partial charge in [0.1, 0.15) is 4.90 Å². The van der Waals surface area contributed by atoms with Crippen molar-refractivity contribution in [2.45, 2.75) is 24.7 Å². The molecule has 0 N–H and O–H groups in total. The molecule has 1 heterocycles. The van der Waals surface area contributed by atoms with Gasteiger partial charge in [-0.3, -0.25) is 0 Å². The quantitative estimate of drug-likeness (QED) is 0.723. The van der Waals surface area contributed by atoms with E-state index in [0.717, 1.165) is 4.47 Å². The molecule has 0 radical (unpaired) electrons. The Morgan fingerprint density at radius 3 is 2.45 bits per heavy atom. The van der Waals surface area contributed by atoms with E-state index in [2.05, 4.69) is 21.0 Å². The predicted octanol–water partition coefficient (Wildman–Crippen LogP) is 4.34. The second-order valence-corrected chi connectivity index (χ2v) is 8.27. The smallest absolute Gasteiger partial charge is 0.220 e. The van der Waals surface area contributed by atoms with E-state index in [1.54, 1.807) is 18.2 Å². The zero-order valence-electron chi connectivity index (χ0n) is 10.6. The van der Waals surface area contributed by atoms with Crippen LogP contribution >= 0.6 is 38.2 Å². The highest BCUT2D eigenvalue weighted by atomic mass is 79.9. The summed E-state index contributed by atoms with van der Waals surface area (Å²) in [5.74, 6) is -0.121. The summed E-state index contributed by atoms with van der Waals surface area (Å²) >= 11 is 9.52. The minimum absolute atomic E-state index is 0.0122. The molecule has 4 nitrogen and oxygen atoms in total. The van der Waals surface area contributed by atoms with E-state index in [4.69, 9.17) is 22.3 Å². The van der Waals surface area contributed by atoms with Gasteiger partial charge in [-0.2, -0.15) is 5.10 Å². The maximum Gasteiger partial charge on any atom is 0.266 e. The highest BCUT2D eigenvalue weighted by Crippen LogP contribution is 2.34. The number of hydrogen-bond acceptors (Lipinski definition) is 3. The molecule has 0 aliphatic rings. The molecule has 0 amide bonds. The van der Waals surface area contributed by atoms with Crippen LogP contribution in [-0.2, 0) is 9.05 Å². The Balaban J connectivity index is 2.75. The van der Waals surface area contributed by atoms with Crippen molar-refractivity contribution >= 4 is 47.3 Å². The van der Waals surface area contributed by atoms with Crippen LogP contribution in [0.25, 0.3) is 5.69 Å². The molecule has 0 saturated carbocycles. The van der Waals surface area contributed by atoms with E-state index in [9.17, 15) is 8.42 Å². The molecule has 0 atom stereocenters. The van der Waals surface area contributed by atoms with Crippen molar-refractivity contribution < 1.29 is 8.42 Å². The van der Waals surface area contributed by atoms with Crippen molar-refractivity contribution in [3.63, 3.8) is 0 Å². The number of halogens is 3. The predicted molar refractivity (Wildman–Crippen MR) is 83.4 cm³/mol. The topological polar surface area (TPSA) is 52.0 Å². The molecule has 0 fully saturated rings. The Morgan fingerprint density at radius 2 is 2.00 bits per heavy atom. The van der Waals surface area contributed by atoms with Crippen LogP contribution in [0.2, 0.25) is 5.15 Å². The molecule has 0 unspecified atom stereocenters. The highest BCUT2D eigenvalue weighted by molar-refractivity contribution is 9.10. The molecule has 1 aromatic heterocycles. The van der Waals surface area contributed by atoms with Gasteiger partial charge in [-0.1, -0.05) is 47.4 Å². The van der Waals surface area contributed by atoms with Gasteiger partial charge in [0.25, 0.3) is 9.05 Å². The number of hydrogen-bond donors (Lipinski definition) is 0. The van der Waals surface area contributed by atoms with Gasteiger partial charge in [-0.15, -0.1) is 0 Å². The molecule has 0 saturated heterocycles.